The summed E-state index contributed by atoms with van der Waals surface area (Å²) in [7, 11) is -5.17. The van der Waals surface area contributed by atoms with E-state index >= 15 is 0 Å². The van der Waals surface area contributed by atoms with Crippen molar-refractivity contribution in [3.05, 3.63) is 0 Å². The van der Waals surface area contributed by atoms with E-state index in [1.807, 2.05) is 0 Å². The average Bonchev–Trinajstić information content (AvgIpc) is 1.50. The van der Waals surface area contributed by atoms with Crippen LogP contribution in [0.2, 0.25) is 0 Å². The van der Waals surface area contributed by atoms with Crippen LogP contribution in [-0.4, -0.2) is 44.2 Å². The van der Waals surface area contributed by atoms with Crippen LogP contribution in [0.15, 0.2) is 0 Å². The van der Waals surface area contributed by atoms with Crippen molar-refractivity contribution in [1.82, 2.24) is 12.3 Å². The Morgan fingerprint density at radius 2 is 0.875 bits per heavy atom. The van der Waals surface area contributed by atoms with Crippen molar-refractivity contribution in [2.45, 2.75) is 0 Å². The van der Waals surface area contributed by atoms with Gasteiger partial charge in [-0.05, 0) is 0 Å². The van der Waals surface area contributed by atoms with Gasteiger partial charge in [0.15, 0.2) is 0 Å². The third-order valence-electron chi connectivity index (χ3n) is 0. The number of rotatable bonds is 0. The maximum absolute atomic E-state index is 8.56. The molecule has 10 N–H and O–H groups in total. The summed E-state index contributed by atoms with van der Waals surface area (Å²) in [5, 5.41) is 0. The predicted molar refractivity (Wildman–Crippen MR) is 45.5 cm³/mol. The standard InChI is InChI=1S/Fe.2H3N.H2O4S.2H2O3S/c;;;1-5(2,3)4;2*1-4(2)3/h;2*1H3;(H2,1,2,3,4);2*(H2,1,2,3)/q+2;;;;;/p-2. The summed E-state index contributed by atoms with van der Waals surface area (Å²) in [6.07, 6.45) is 0. The van der Waals surface area contributed by atoms with Crippen LogP contribution in [0.25, 0.3) is 0 Å². The minimum Gasteiger partial charge on any atom is -0.759 e. The van der Waals surface area contributed by atoms with E-state index in [2.05, 4.69) is 0 Å². The molecule has 0 aliphatic heterocycles. The van der Waals surface area contributed by atoms with Gasteiger partial charge in [0.1, 0.15) is 0 Å². The molecule has 16 heavy (non-hydrogen) atoms. The molecule has 0 aliphatic rings. The van der Waals surface area contributed by atoms with Gasteiger partial charge in [-0.1, -0.05) is 0 Å². The molecule has 2 atom stereocenters. The SMILES string of the molecule is O=S(=O)([O-])[O-].O=S([O-])O.O=S([O-])O.[Fe+2].[NH4+].[NH4+]. The monoisotopic (exact) mass is 350 g/mol. The second kappa shape index (κ2) is 20.8. The maximum atomic E-state index is 8.56. The molecule has 16 heteroatoms. The van der Waals surface area contributed by atoms with Gasteiger partial charge in [-0.2, -0.15) is 0 Å². The van der Waals surface area contributed by atoms with E-state index < -0.39 is 33.1 Å². The summed E-state index contributed by atoms with van der Waals surface area (Å²) in [4.78, 5) is 0. The first-order valence-electron chi connectivity index (χ1n) is 1.70. The number of hydrogen-bond donors (Lipinski definition) is 4. The van der Waals surface area contributed by atoms with E-state index in [4.69, 9.17) is 44.2 Å². The van der Waals surface area contributed by atoms with Crippen LogP contribution < -0.4 is 12.3 Å². The molecule has 2 unspecified atom stereocenters. The Labute approximate surface area is 107 Å². The van der Waals surface area contributed by atoms with Gasteiger partial charge in [0.25, 0.3) is 0 Å². The average molecular weight is 350 g/mol. The summed E-state index contributed by atoms with van der Waals surface area (Å²) in [5.74, 6) is 0. The van der Waals surface area contributed by atoms with Crippen LogP contribution >= 0.6 is 0 Å². The van der Waals surface area contributed by atoms with Crippen LogP contribution in [0.3, 0.4) is 0 Å². The fraction of sp³-hybridized carbons (Fsp3) is 0. The molecule has 0 fully saturated rings. The Balaban J connectivity index is -0.0000000216. The van der Waals surface area contributed by atoms with Crippen LogP contribution in [-0.2, 0) is 50.2 Å². The first-order chi connectivity index (χ1) is 5.46. The molecule has 0 amide bonds. The summed E-state index contributed by atoms with van der Waals surface area (Å²) in [6.45, 7) is 0. The normalized spacial score (nSPS) is 11.4. The zero-order valence-corrected chi connectivity index (χ0v) is 11.3. The minimum absolute atomic E-state index is 0. The molecule has 12 nitrogen and oxygen atoms in total. The Morgan fingerprint density at radius 1 is 0.875 bits per heavy atom. The van der Waals surface area contributed by atoms with Gasteiger partial charge in [0.2, 0.25) is 0 Å². The van der Waals surface area contributed by atoms with Crippen molar-refractivity contribution in [3.63, 3.8) is 0 Å². The minimum atomic E-state index is -5.17. The van der Waals surface area contributed by atoms with Crippen LogP contribution in [0, 0.1) is 0 Å². The zero-order valence-electron chi connectivity index (χ0n) is 7.74. The molecule has 0 rings (SSSR count). The first kappa shape index (κ1) is 36.0. The fourth-order valence-electron chi connectivity index (χ4n) is 0. The Hall–Kier alpha value is 0.449. The summed E-state index contributed by atoms with van der Waals surface area (Å²) < 4.78 is 82.3. The maximum Gasteiger partial charge on any atom is 2.00 e. The predicted octanol–water partition coefficient (Wildman–Crippen LogP) is -1.91. The molecule has 0 aromatic heterocycles. The number of quaternary nitrogens is 2. The largest absolute Gasteiger partial charge is 2.00 e. The van der Waals surface area contributed by atoms with Gasteiger partial charge in [-0.15, -0.1) is 0 Å². The van der Waals surface area contributed by atoms with Gasteiger partial charge >= 0.3 is 17.1 Å². The second-order valence-electron chi connectivity index (χ2n) is 0.842. The van der Waals surface area contributed by atoms with Gasteiger partial charge in [0, 0.05) is 10.4 Å². The van der Waals surface area contributed by atoms with Crippen molar-refractivity contribution in [3.8, 4) is 0 Å². The molecule has 0 saturated heterocycles. The van der Waals surface area contributed by atoms with Crippen LogP contribution in [0.5, 0.6) is 0 Å². The molecule has 0 heterocycles. The van der Waals surface area contributed by atoms with Crippen LogP contribution in [0.4, 0.5) is 0 Å². The third-order valence-corrected chi connectivity index (χ3v) is 0. The van der Waals surface area contributed by atoms with Crippen molar-refractivity contribution >= 4 is 33.1 Å². The summed E-state index contributed by atoms with van der Waals surface area (Å²) in [6, 6.07) is 0. The van der Waals surface area contributed by atoms with Gasteiger partial charge in [0.05, 0.1) is 22.7 Å². The van der Waals surface area contributed by atoms with Crippen molar-refractivity contribution < 1.29 is 61.2 Å². The van der Waals surface area contributed by atoms with Gasteiger partial charge in [-0.25, -0.2) is 8.42 Å². The first-order valence-corrected chi connectivity index (χ1v) is 5.10. The molecule has 106 valence electrons. The molecule has 0 aromatic rings. The Bertz CT molecular complexity index is 219. The van der Waals surface area contributed by atoms with Crippen molar-refractivity contribution in [1.29, 1.82) is 0 Å². The smallest absolute Gasteiger partial charge is 0.759 e. The molecule has 0 radical (unpaired) electrons. The molecule has 0 bridgehead atoms. The van der Waals surface area contributed by atoms with Crippen molar-refractivity contribution in [2.24, 2.45) is 0 Å². The van der Waals surface area contributed by atoms with E-state index in [9.17, 15) is 0 Å². The van der Waals surface area contributed by atoms with E-state index in [-0.39, 0.29) is 29.4 Å². The second-order valence-corrected chi connectivity index (χ2v) is 2.53. The van der Waals surface area contributed by atoms with Crippen molar-refractivity contribution in [2.75, 3.05) is 0 Å². The van der Waals surface area contributed by atoms with E-state index in [1.54, 1.807) is 0 Å². The molecule has 0 spiro atoms. The number of hydrogen-bond acceptors (Lipinski definition) is 8. The third kappa shape index (κ3) is 12900. The molecule has 0 saturated carbocycles. The molecule has 0 aromatic carbocycles. The Morgan fingerprint density at radius 3 is 0.875 bits per heavy atom. The fourth-order valence-corrected chi connectivity index (χ4v) is 0. The van der Waals surface area contributed by atoms with E-state index in [1.165, 1.54) is 0 Å². The van der Waals surface area contributed by atoms with Gasteiger partial charge < -0.3 is 39.6 Å². The quantitative estimate of drug-likeness (QED) is 0.163. The van der Waals surface area contributed by atoms with Crippen LogP contribution in [0.1, 0.15) is 0 Å². The molecular weight excluding hydrogens is 340 g/mol. The van der Waals surface area contributed by atoms with E-state index in [0.29, 0.717) is 0 Å². The topological polar surface area (TPSA) is 274 Å². The Kier molecular flexibility index (Phi) is 46.8. The molecular formula is H10FeN2O10S3. The summed E-state index contributed by atoms with van der Waals surface area (Å²) >= 11 is -5.72. The van der Waals surface area contributed by atoms with E-state index in [0.717, 1.165) is 0 Å². The van der Waals surface area contributed by atoms with Gasteiger partial charge in [-0.3, -0.25) is 8.42 Å². The zero-order chi connectivity index (χ0) is 11.7. The summed E-state index contributed by atoms with van der Waals surface area (Å²) in [5.41, 5.74) is 0. The molecule has 0 aliphatic carbocycles.